The van der Waals surface area contributed by atoms with Crippen molar-refractivity contribution < 1.29 is 4.79 Å². The second-order valence-electron chi connectivity index (χ2n) is 6.03. The molecule has 19 heavy (non-hydrogen) atoms. The fourth-order valence-corrected chi connectivity index (χ4v) is 2.28. The van der Waals surface area contributed by atoms with Crippen LogP contribution in [0.1, 0.15) is 52.3 Å². The van der Waals surface area contributed by atoms with Crippen molar-refractivity contribution in [2.75, 3.05) is 6.54 Å². The zero-order valence-electron chi connectivity index (χ0n) is 12.6. The average molecular weight is 265 g/mol. The molecule has 0 radical (unpaired) electrons. The van der Waals surface area contributed by atoms with Crippen molar-refractivity contribution in [3.63, 3.8) is 0 Å². The zero-order chi connectivity index (χ0) is 14.4. The van der Waals surface area contributed by atoms with Crippen LogP contribution in [0.4, 0.5) is 0 Å². The molecule has 2 N–H and O–H groups in total. The van der Waals surface area contributed by atoms with E-state index >= 15 is 0 Å². The number of Topliss-reactive ketones (excluding diaryl/α,β-unsaturated/α-hetero) is 1. The number of nitrogens with zero attached hydrogens (tertiary/aromatic N) is 2. The quantitative estimate of drug-likeness (QED) is 0.786. The lowest BCUT2D eigenvalue weighted by Crippen LogP contribution is -2.21. The predicted octanol–water partition coefficient (Wildman–Crippen LogP) is 2.59. The molecule has 0 amide bonds. The maximum Gasteiger partial charge on any atom is 0.139 e. The molecular formula is C15H27N3O. The first-order valence-electron chi connectivity index (χ1n) is 7.18. The fraction of sp³-hybridized carbons (Fsp3) is 0.733. The molecule has 1 aromatic rings. The summed E-state index contributed by atoms with van der Waals surface area (Å²) in [6.45, 7) is 9.07. The van der Waals surface area contributed by atoms with Crippen molar-refractivity contribution in [1.29, 1.82) is 0 Å². The molecule has 0 saturated heterocycles. The van der Waals surface area contributed by atoms with Crippen LogP contribution in [-0.4, -0.2) is 22.1 Å². The normalized spacial score (nSPS) is 13.2. The minimum atomic E-state index is 0.241. The number of hydrogen-bond donors (Lipinski definition) is 1. The van der Waals surface area contributed by atoms with E-state index in [2.05, 4.69) is 32.8 Å². The molecule has 0 spiro atoms. The molecule has 0 aromatic carbocycles. The van der Waals surface area contributed by atoms with E-state index in [9.17, 15) is 4.79 Å². The number of carbonyl (C=O) groups is 1. The molecule has 1 heterocycles. The highest BCUT2D eigenvalue weighted by atomic mass is 16.1. The maximum absolute atomic E-state index is 12.0. The number of aromatic nitrogens is 2. The van der Waals surface area contributed by atoms with Crippen molar-refractivity contribution in [3.8, 4) is 0 Å². The van der Waals surface area contributed by atoms with Crippen molar-refractivity contribution >= 4 is 5.78 Å². The van der Waals surface area contributed by atoms with Crippen molar-refractivity contribution in [1.82, 2.24) is 9.78 Å². The lowest BCUT2D eigenvalue weighted by Gasteiger charge is -2.15. The smallest absolute Gasteiger partial charge is 0.139 e. The average Bonchev–Trinajstić information content (AvgIpc) is 2.75. The molecule has 0 bridgehead atoms. The third-order valence-corrected chi connectivity index (χ3v) is 3.23. The van der Waals surface area contributed by atoms with Gasteiger partial charge >= 0.3 is 0 Å². The summed E-state index contributed by atoms with van der Waals surface area (Å²) in [5.41, 5.74) is 6.59. The van der Waals surface area contributed by atoms with Gasteiger partial charge < -0.3 is 5.73 Å². The molecule has 1 aromatic heterocycles. The molecule has 108 valence electrons. The molecule has 0 aliphatic heterocycles. The van der Waals surface area contributed by atoms with E-state index in [-0.39, 0.29) is 5.78 Å². The van der Waals surface area contributed by atoms with Gasteiger partial charge in [0.1, 0.15) is 5.78 Å². The third-order valence-electron chi connectivity index (χ3n) is 3.23. The lowest BCUT2D eigenvalue weighted by atomic mass is 9.91. The Labute approximate surface area is 116 Å². The predicted molar refractivity (Wildman–Crippen MR) is 77.9 cm³/mol. The summed E-state index contributed by atoms with van der Waals surface area (Å²) in [6, 6.07) is 2.26. The minimum absolute atomic E-state index is 0.241. The number of hydrogen-bond acceptors (Lipinski definition) is 3. The van der Waals surface area contributed by atoms with Crippen LogP contribution in [0.15, 0.2) is 12.3 Å². The van der Waals surface area contributed by atoms with E-state index in [0.717, 1.165) is 12.1 Å². The first-order valence-corrected chi connectivity index (χ1v) is 7.18. The SMILES string of the molecule is CC(C)CC(CN)CC(=O)Cc1ccn(C(C)C)n1. The Morgan fingerprint density at radius 3 is 2.53 bits per heavy atom. The molecule has 0 fully saturated rings. The highest BCUT2D eigenvalue weighted by molar-refractivity contribution is 5.80. The van der Waals surface area contributed by atoms with Gasteiger partial charge in [-0.05, 0) is 44.7 Å². The van der Waals surface area contributed by atoms with Crippen molar-refractivity contribution in [2.45, 2.75) is 53.0 Å². The topological polar surface area (TPSA) is 60.9 Å². The van der Waals surface area contributed by atoms with Gasteiger partial charge in [0.15, 0.2) is 0 Å². The van der Waals surface area contributed by atoms with Crippen LogP contribution >= 0.6 is 0 Å². The van der Waals surface area contributed by atoms with Gasteiger partial charge in [0.05, 0.1) is 12.1 Å². The first-order chi connectivity index (χ1) is 8.92. The van der Waals surface area contributed by atoms with E-state index in [1.807, 2.05) is 16.9 Å². The Balaban J connectivity index is 2.49. The Hall–Kier alpha value is -1.16. The molecule has 1 atom stereocenters. The largest absolute Gasteiger partial charge is 0.330 e. The highest BCUT2D eigenvalue weighted by Gasteiger charge is 2.15. The van der Waals surface area contributed by atoms with Crippen LogP contribution in [0.5, 0.6) is 0 Å². The highest BCUT2D eigenvalue weighted by Crippen LogP contribution is 2.16. The Morgan fingerprint density at radius 1 is 1.37 bits per heavy atom. The summed E-state index contributed by atoms with van der Waals surface area (Å²) in [5, 5.41) is 4.41. The van der Waals surface area contributed by atoms with Crippen LogP contribution in [-0.2, 0) is 11.2 Å². The van der Waals surface area contributed by atoms with E-state index in [1.54, 1.807) is 0 Å². The van der Waals surface area contributed by atoms with Gasteiger partial charge in [0.2, 0.25) is 0 Å². The molecule has 1 rings (SSSR count). The van der Waals surface area contributed by atoms with Gasteiger partial charge in [-0.1, -0.05) is 13.8 Å². The summed E-state index contributed by atoms with van der Waals surface area (Å²) < 4.78 is 1.89. The standard InChI is InChI=1S/C15H27N3O/c1-11(2)7-13(10-16)8-15(19)9-14-5-6-18(17-14)12(3)4/h5-6,11-13H,7-10,16H2,1-4H3. The first kappa shape index (κ1) is 15.9. The number of carbonyl (C=O) groups excluding carboxylic acids is 1. The summed E-state index contributed by atoms with van der Waals surface area (Å²) in [6.07, 6.45) is 3.95. The Bertz CT molecular complexity index is 396. The molecule has 4 nitrogen and oxygen atoms in total. The summed E-state index contributed by atoms with van der Waals surface area (Å²) in [5.74, 6) is 1.13. The molecule has 4 heteroatoms. The Kier molecular flexibility index (Phi) is 6.22. The van der Waals surface area contributed by atoms with Gasteiger partial charge in [-0.25, -0.2) is 0 Å². The second kappa shape index (κ2) is 7.43. The number of ketones is 1. The van der Waals surface area contributed by atoms with Gasteiger partial charge in [-0.15, -0.1) is 0 Å². The number of nitrogens with two attached hydrogens (primary N) is 1. The van der Waals surface area contributed by atoms with E-state index in [0.29, 0.717) is 37.3 Å². The van der Waals surface area contributed by atoms with Crippen LogP contribution < -0.4 is 5.73 Å². The second-order valence-corrected chi connectivity index (χ2v) is 6.03. The fourth-order valence-electron chi connectivity index (χ4n) is 2.28. The van der Waals surface area contributed by atoms with Crippen LogP contribution in [0.25, 0.3) is 0 Å². The molecule has 0 saturated carbocycles. The van der Waals surface area contributed by atoms with Crippen LogP contribution in [0.2, 0.25) is 0 Å². The van der Waals surface area contributed by atoms with Crippen LogP contribution in [0, 0.1) is 11.8 Å². The van der Waals surface area contributed by atoms with Gasteiger partial charge in [-0.3, -0.25) is 9.48 Å². The third kappa shape index (κ3) is 5.55. The summed E-state index contributed by atoms with van der Waals surface area (Å²) in [7, 11) is 0. The van der Waals surface area contributed by atoms with Crippen molar-refractivity contribution in [3.05, 3.63) is 18.0 Å². The minimum Gasteiger partial charge on any atom is -0.330 e. The maximum atomic E-state index is 12.0. The van der Waals surface area contributed by atoms with E-state index < -0.39 is 0 Å². The molecular weight excluding hydrogens is 238 g/mol. The van der Waals surface area contributed by atoms with Gasteiger partial charge in [-0.2, -0.15) is 5.10 Å². The number of rotatable bonds is 8. The van der Waals surface area contributed by atoms with Gasteiger partial charge in [0, 0.05) is 18.7 Å². The van der Waals surface area contributed by atoms with Crippen molar-refractivity contribution in [2.24, 2.45) is 17.6 Å². The van der Waals surface area contributed by atoms with E-state index in [4.69, 9.17) is 5.73 Å². The van der Waals surface area contributed by atoms with Crippen LogP contribution in [0.3, 0.4) is 0 Å². The van der Waals surface area contributed by atoms with E-state index in [1.165, 1.54) is 0 Å². The summed E-state index contributed by atoms with van der Waals surface area (Å²) in [4.78, 5) is 12.0. The monoisotopic (exact) mass is 265 g/mol. The Morgan fingerprint density at radius 2 is 2.05 bits per heavy atom. The molecule has 1 unspecified atom stereocenters. The zero-order valence-corrected chi connectivity index (χ0v) is 12.6. The molecule has 0 aliphatic carbocycles. The summed E-state index contributed by atoms with van der Waals surface area (Å²) >= 11 is 0. The lowest BCUT2D eigenvalue weighted by molar-refractivity contribution is -0.119. The van der Waals surface area contributed by atoms with Gasteiger partial charge in [0.25, 0.3) is 0 Å². The molecule has 0 aliphatic rings.